The summed E-state index contributed by atoms with van der Waals surface area (Å²) in [7, 11) is -4.01. The van der Waals surface area contributed by atoms with E-state index in [4.69, 9.17) is 5.11 Å². The fourth-order valence-electron chi connectivity index (χ4n) is 3.38. The lowest BCUT2D eigenvalue weighted by Gasteiger charge is -2.27. The second-order valence-corrected chi connectivity index (χ2v) is 8.73. The molecule has 0 saturated heterocycles. The van der Waals surface area contributed by atoms with Gasteiger partial charge in [-0.05, 0) is 43.2 Å². The molecule has 0 radical (unpaired) electrons. The van der Waals surface area contributed by atoms with Crippen molar-refractivity contribution < 1.29 is 27.5 Å². The zero-order valence-corrected chi connectivity index (χ0v) is 15.1. The molecule has 1 saturated carbocycles. The first-order valence-corrected chi connectivity index (χ1v) is 9.90. The summed E-state index contributed by atoms with van der Waals surface area (Å²) in [5.74, 6) is -2.96. The lowest BCUT2D eigenvalue weighted by atomic mass is 10.1. The zero-order chi connectivity index (χ0) is 19.7. The molecule has 0 heterocycles. The number of nitrogens with one attached hydrogen (secondary N) is 1. The van der Waals surface area contributed by atoms with Gasteiger partial charge in [-0.3, -0.25) is 4.79 Å². The van der Waals surface area contributed by atoms with Gasteiger partial charge in [-0.25, -0.2) is 17.6 Å². The lowest BCUT2D eigenvalue weighted by Crippen LogP contribution is -2.47. The molecule has 0 unspecified atom stereocenters. The fraction of sp³-hybridized carbons (Fsp3) is 0.263. The van der Waals surface area contributed by atoms with Crippen molar-refractivity contribution >= 4 is 27.4 Å². The summed E-state index contributed by atoms with van der Waals surface area (Å²) in [5.41, 5.74) is -0.562. The van der Waals surface area contributed by atoms with Crippen molar-refractivity contribution in [3.05, 3.63) is 59.9 Å². The number of aromatic carboxylic acids is 1. The quantitative estimate of drug-likeness (QED) is 0.815. The molecule has 0 atom stereocenters. The van der Waals surface area contributed by atoms with Crippen molar-refractivity contribution in [2.45, 2.75) is 35.3 Å². The number of carbonyl (C=O) groups excluding carboxylic acids is 1. The van der Waals surface area contributed by atoms with Crippen LogP contribution in [0.2, 0.25) is 0 Å². The number of hydrogen-bond acceptors (Lipinski definition) is 4. The molecule has 3 rings (SSSR count). The van der Waals surface area contributed by atoms with Crippen LogP contribution in [0.15, 0.2) is 53.4 Å². The van der Waals surface area contributed by atoms with Crippen LogP contribution in [0.3, 0.4) is 0 Å². The van der Waals surface area contributed by atoms with Crippen molar-refractivity contribution in [1.29, 1.82) is 0 Å². The Morgan fingerprint density at radius 3 is 2.26 bits per heavy atom. The first-order valence-electron chi connectivity index (χ1n) is 8.42. The normalized spacial score (nSPS) is 16.0. The summed E-state index contributed by atoms with van der Waals surface area (Å²) in [6, 6.07) is 10.6. The Labute approximate surface area is 155 Å². The van der Waals surface area contributed by atoms with E-state index in [0.717, 1.165) is 18.2 Å². The maximum absolute atomic E-state index is 14.1. The number of sulfone groups is 1. The zero-order valence-electron chi connectivity index (χ0n) is 14.3. The molecule has 2 N–H and O–H groups in total. The predicted octanol–water partition coefficient (Wildman–Crippen LogP) is 3.25. The minimum Gasteiger partial charge on any atom is -0.478 e. The van der Waals surface area contributed by atoms with E-state index >= 15 is 0 Å². The van der Waals surface area contributed by atoms with Crippen LogP contribution in [0, 0.1) is 5.82 Å². The van der Waals surface area contributed by atoms with Crippen LogP contribution in [0.1, 0.15) is 36.0 Å². The first kappa shape index (κ1) is 19.0. The van der Waals surface area contributed by atoms with Crippen molar-refractivity contribution in [2.24, 2.45) is 0 Å². The van der Waals surface area contributed by atoms with Crippen molar-refractivity contribution in [3.8, 4) is 0 Å². The predicted molar refractivity (Wildman–Crippen MR) is 96.8 cm³/mol. The van der Waals surface area contributed by atoms with Gasteiger partial charge in [0.05, 0.1) is 16.1 Å². The SMILES string of the molecule is O=C(O)c1ccc(F)c(NC(=O)C2(S(=O)(=O)c3ccccc3)CCCC2)c1. The molecule has 2 aromatic rings. The molecule has 142 valence electrons. The average molecular weight is 391 g/mol. The highest BCUT2D eigenvalue weighted by atomic mass is 32.2. The minimum atomic E-state index is -4.01. The van der Waals surface area contributed by atoms with E-state index in [9.17, 15) is 22.4 Å². The number of benzene rings is 2. The Morgan fingerprint density at radius 2 is 1.67 bits per heavy atom. The molecule has 2 aromatic carbocycles. The Hall–Kier alpha value is -2.74. The molecule has 1 aliphatic carbocycles. The number of anilines is 1. The second-order valence-electron chi connectivity index (χ2n) is 6.47. The number of carboxylic acids is 1. The number of halogens is 1. The maximum atomic E-state index is 14.1. The summed E-state index contributed by atoms with van der Waals surface area (Å²) >= 11 is 0. The first-order chi connectivity index (χ1) is 12.8. The third-order valence-corrected chi connectivity index (χ3v) is 7.37. The largest absolute Gasteiger partial charge is 0.478 e. The van der Waals surface area contributed by atoms with Gasteiger partial charge in [0.2, 0.25) is 5.91 Å². The Bertz CT molecular complexity index is 982. The van der Waals surface area contributed by atoms with Gasteiger partial charge >= 0.3 is 5.97 Å². The third kappa shape index (κ3) is 3.32. The van der Waals surface area contributed by atoms with E-state index in [1.165, 1.54) is 12.1 Å². The van der Waals surface area contributed by atoms with Crippen LogP contribution < -0.4 is 5.32 Å². The average Bonchev–Trinajstić information content (AvgIpc) is 3.16. The molecule has 1 fully saturated rings. The number of carbonyl (C=O) groups is 2. The molecule has 0 aliphatic heterocycles. The molecule has 0 bridgehead atoms. The van der Waals surface area contributed by atoms with Gasteiger partial charge in [0.1, 0.15) is 5.82 Å². The molecule has 0 aromatic heterocycles. The second kappa shape index (κ2) is 7.11. The van der Waals surface area contributed by atoms with E-state index in [0.29, 0.717) is 12.8 Å². The Morgan fingerprint density at radius 1 is 1.04 bits per heavy atom. The Balaban J connectivity index is 2.00. The highest BCUT2D eigenvalue weighted by molar-refractivity contribution is 7.93. The van der Waals surface area contributed by atoms with Gasteiger partial charge in [0.15, 0.2) is 14.6 Å². The molecule has 27 heavy (non-hydrogen) atoms. The number of carboxylic acid groups (broad SMARTS) is 1. The molecule has 8 heteroatoms. The molecule has 6 nitrogen and oxygen atoms in total. The Kier molecular flexibility index (Phi) is 5.01. The summed E-state index contributed by atoms with van der Waals surface area (Å²) in [6.07, 6.45) is 1.35. The molecular weight excluding hydrogens is 373 g/mol. The van der Waals surface area contributed by atoms with E-state index < -0.39 is 32.3 Å². The summed E-state index contributed by atoms with van der Waals surface area (Å²) in [5, 5.41) is 11.4. The third-order valence-electron chi connectivity index (χ3n) is 4.85. The topological polar surface area (TPSA) is 101 Å². The fourth-order valence-corrected chi connectivity index (χ4v) is 5.47. The lowest BCUT2D eigenvalue weighted by molar-refractivity contribution is -0.118. The smallest absolute Gasteiger partial charge is 0.335 e. The molecule has 1 aliphatic rings. The van der Waals surface area contributed by atoms with Crippen LogP contribution in [-0.2, 0) is 14.6 Å². The van der Waals surface area contributed by atoms with Crippen LogP contribution in [0.4, 0.5) is 10.1 Å². The number of amides is 1. The van der Waals surface area contributed by atoms with Gasteiger partial charge in [-0.15, -0.1) is 0 Å². The van der Waals surface area contributed by atoms with E-state index in [-0.39, 0.29) is 29.0 Å². The summed E-state index contributed by atoms with van der Waals surface area (Å²) in [4.78, 5) is 24.1. The number of rotatable bonds is 5. The van der Waals surface area contributed by atoms with Crippen LogP contribution >= 0.6 is 0 Å². The van der Waals surface area contributed by atoms with Gasteiger partial charge in [-0.1, -0.05) is 31.0 Å². The van der Waals surface area contributed by atoms with E-state index in [1.807, 2.05) is 0 Å². The molecular formula is C19H18FNO5S. The highest BCUT2D eigenvalue weighted by Gasteiger charge is 2.53. The van der Waals surface area contributed by atoms with Crippen molar-refractivity contribution in [2.75, 3.05) is 5.32 Å². The van der Waals surface area contributed by atoms with Crippen molar-refractivity contribution in [1.82, 2.24) is 0 Å². The minimum absolute atomic E-state index is 0.0295. The molecule has 0 spiro atoms. The van der Waals surface area contributed by atoms with Crippen LogP contribution in [0.5, 0.6) is 0 Å². The van der Waals surface area contributed by atoms with Gasteiger partial charge < -0.3 is 10.4 Å². The molecule has 1 amide bonds. The summed E-state index contributed by atoms with van der Waals surface area (Å²) in [6.45, 7) is 0. The summed E-state index contributed by atoms with van der Waals surface area (Å²) < 4.78 is 38.8. The number of hydrogen-bond donors (Lipinski definition) is 2. The highest BCUT2D eigenvalue weighted by Crippen LogP contribution is 2.41. The van der Waals surface area contributed by atoms with Crippen LogP contribution in [0.25, 0.3) is 0 Å². The van der Waals surface area contributed by atoms with Gasteiger partial charge in [-0.2, -0.15) is 0 Å². The van der Waals surface area contributed by atoms with Gasteiger partial charge in [0, 0.05) is 0 Å². The monoisotopic (exact) mass is 391 g/mol. The van der Waals surface area contributed by atoms with E-state index in [2.05, 4.69) is 5.32 Å². The van der Waals surface area contributed by atoms with Crippen LogP contribution in [-0.4, -0.2) is 30.1 Å². The van der Waals surface area contributed by atoms with Crippen molar-refractivity contribution in [3.63, 3.8) is 0 Å². The van der Waals surface area contributed by atoms with Gasteiger partial charge in [0.25, 0.3) is 0 Å². The van der Waals surface area contributed by atoms with E-state index in [1.54, 1.807) is 18.2 Å². The standard InChI is InChI=1S/C19H18FNO5S/c20-15-9-8-13(17(22)23)12-16(15)21-18(24)19(10-4-5-11-19)27(25,26)14-6-2-1-3-7-14/h1-3,6-9,12H,4-5,10-11H2,(H,21,24)(H,22,23). The maximum Gasteiger partial charge on any atom is 0.335 e.